The lowest BCUT2D eigenvalue weighted by Gasteiger charge is -2.25. The molecule has 2 heterocycles. The monoisotopic (exact) mass is 850 g/mol. The number of nitrogens with zero attached hydrogens (tertiary/aromatic N) is 4. The van der Waals surface area contributed by atoms with E-state index in [1.54, 1.807) is 0 Å². The van der Waals surface area contributed by atoms with Gasteiger partial charge in [0.15, 0.2) is 6.10 Å². The summed E-state index contributed by atoms with van der Waals surface area (Å²) >= 11 is 0. The first-order chi connectivity index (χ1) is 29.2. The minimum absolute atomic E-state index is 0.00517. The number of hydrogen-bond acceptors (Lipinski definition) is 12. The number of hydrogen-bond donors (Lipinski definition) is 2. The van der Waals surface area contributed by atoms with Gasteiger partial charge in [0.1, 0.15) is 31.7 Å². The molecule has 0 bridgehead atoms. The van der Waals surface area contributed by atoms with Gasteiger partial charge in [0.05, 0.1) is 34.1 Å². The molecule has 0 aliphatic carbocycles. The molecule has 61 heavy (non-hydrogen) atoms. The number of β-amino-alcohol motifs (C(OH)–C–C–N with tert-alkyl or cyclic N) is 1. The Labute approximate surface area is 348 Å². The Morgan fingerprint density at radius 3 is 1.51 bits per heavy atom. The largest absolute Gasteiger partial charge is 0.478 e. The second-order valence-electron chi connectivity index (χ2n) is 13.7. The Kier molecular flexibility index (Phi) is 18.0. The molecule has 0 saturated carbocycles. The number of benzene rings is 4. The Morgan fingerprint density at radius 2 is 1.07 bits per heavy atom. The molecule has 2 saturated heterocycles. The van der Waals surface area contributed by atoms with Crippen LogP contribution >= 0.6 is 0 Å². The quantitative estimate of drug-likeness (QED) is 0.0730. The average molecular weight is 851 g/mol. The van der Waals surface area contributed by atoms with Gasteiger partial charge in [-0.1, -0.05) is 60.7 Å². The molecule has 4 aromatic carbocycles. The van der Waals surface area contributed by atoms with Gasteiger partial charge in [0.25, 0.3) is 11.4 Å². The molecule has 0 unspecified atom stereocenters. The lowest BCUT2D eigenvalue weighted by Crippen LogP contribution is -2.41. The van der Waals surface area contributed by atoms with Crippen molar-refractivity contribution in [3.63, 3.8) is 0 Å². The van der Waals surface area contributed by atoms with E-state index in [4.69, 9.17) is 19.3 Å². The van der Waals surface area contributed by atoms with Crippen molar-refractivity contribution in [1.82, 2.24) is 9.80 Å². The topological polar surface area (TPSA) is 229 Å². The summed E-state index contributed by atoms with van der Waals surface area (Å²) in [5, 5.41) is 38.8. The molecule has 2 N–H and O–H groups in total. The normalized spacial score (nSPS) is 18.5. The smallest absolute Gasteiger partial charge is 0.410 e. The minimum atomic E-state index is -1.43. The van der Waals surface area contributed by atoms with Crippen LogP contribution in [0.5, 0.6) is 0 Å². The highest BCUT2D eigenvalue weighted by Gasteiger charge is 2.33. The standard InChI is InChI=1S/C21H21FN2O6.C14H18FNO3.C7H5NO4/c22-18-7-4-12-23(21(26)29-14-15-5-2-1-3-6-15)13-19(18)30-20(25)16-8-10-17(11-9-16)24(27)28;15-12-7-4-8-16(9-13(12)17)14(18)19-10-11-5-2-1-3-6-11;9-7(10)5-1-3-6(4-2-5)8(11)12/h1-3,5-6,8-11,18-19H,4,7,12-14H2;1-3,5-6,12-13,17H,4,7-10H2;1-4H,(H,9,10)/t18-,19+;12-,13-;/m11./s1. The first-order valence-electron chi connectivity index (χ1n) is 19.0. The molecule has 0 spiro atoms. The minimum Gasteiger partial charge on any atom is -0.478 e. The van der Waals surface area contributed by atoms with Crippen LogP contribution < -0.4 is 0 Å². The number of aromatic carboxylic acids is 1. The van der Waals surface area contributed by atoms with E-state index >= 15 is 0 Å². The van der Waals surface area contributed by atoms with Crippen LogP contribution in [0.4, 0.5) is 29.7 Å². The molecule has 324 valence electrons. The first kappa shape index (κ1) is 46.7. The van der Waals surface area contributed by atoms with Gasteiger partial charge in [-0.2, -0.15) is 0 Å². The molecule has 0 radical (unpaired) electrons. The fourth-order valence-corrected chi connectivity index (χ4v) is 5.90. The predicted octanol–water partition coefficient (Wildman–Crippen LogP) is 7.30. The number of carbonyl (C=O) groups excluding carboxylic acids is 3. The second kappa shape index (κ2) is 23.5. The number of likely N-dealkylation sites (tertiary alicyclic amines) is 2. The third-order valence-corrected chi connectivity index (χ3v) is 9.27. The van der Waals surface area contributed by atoms with E-state index < -0.39 is 58.5 Å². The van der Waals surface area contributed by atoms with E-state index in [0.717, 1.165) is 23.3 Å². The van der Waals surface area contributed by atoms with Crippen LogP contribution in [0.25, 0.3) is 0 Å². The zero-order valence-corrected chi connectivity index (χ0v) is 32.7. The van der Waals surface area contributed by atoms with Crippen LogP contribution in [-0.2, 0) is 27.4 Å². The summed E-state index contributed by atoms with van der Waals surface area (Å²) in [6.45, 7) is 0.848. The van der Waals surface area contributed by atoms with E-state index in [2.05, 4.69) is 0 Å². The average Bonchev–Trinajstić information content (AvgIpc) is 3.56. The zero-order valence-electron chi connectivity index (χ0n) is 32.7. The van der Waals surface area contributed by atoms with Gasteiger partial charge >= 0.3 is 24.1 Å². The summed E-state index contributed by atoms with van der Waals surface area (Å²) in [6, 6.07) is 28.0. The van der Waals surface area contributed by atoms with Crippen molar-refractivity contribution in [3.8, 4) is 0 Å². The van der Waals surface area contributed by atoms with Crippen LogP contribution in [-0.4, -0.2) is 105 Å². The Bertz CT molecular complexity index is 2030. The molecule has 2 fully saturated rings. The van der Waals surface area contributed by atoms with E-state index in [0.29, 0.717) is 25.9 Å². The van der Waals surface area contributed by atoms with Crippen LogP contribution in [0, 0.1) is 20.2 Å². The van der Waals surface area contributed by atoms with Crippen LogP contribution in [0.3, 0.4) is 0 Å². The third kappa shape index (κ3) is 15.3. The number of aliphatic hydroxyl groups is 1. The van der Waals surface area contributed by atoms with Crippen molar-refractivity contribution in [2.24, 2.45) is 0 Å². The lowest BCUT2D eigenvalue weighted by molar-refractivity contribution is -0.385. The number of carboxylic acid groups (broad SMARTS) is 1. The summed E-state index contributed by atoms with van der Waals surface area (Å²) in [6.07, 6.45) is -4.70. The second-order valence-corrected chi connectivity index (χ2v) is 13.7. The number of non-ortho nitro benzene ring substituents is 2. The van der Waals surface area contributed by atoms with E-state index in [9.17, 15) is 53.3 Å². The predicted molar refractivity (Wildman–Crippen MR) is 213 cm³/mol. The molecule has 0 aromatic heterocycles. The number of nitro groups is 2. The summed E-state index contributed by atoms with van der Waals surface area (Å²) in [7, 11) is 0. The fraction of sp³-hybridized carbons (Fsp3) is 0.333. The summed E-state index contributed by atoms with van der Waals surface area (Å²) in [5.41, 5.74) is 1.55. The maximum absolute atomic E-state index is 14.5. The number of alkyl halides is 2. The number of amides is 2. The highest BCUT2D eigenvalue weighted by molar-refractivity contribution is 5.90. The fourth-order valence-electron chi connectivity index (χ4n) is 5.90. The van der Waals surface area contributed by atoms with Gasteiger partial charge in [-0.25, -0.2) is 28.0 Å². The summed E-state index contributed by atoms with van der Waals surface area (Å²) in [5.74, 6) is -1.90. The third-order valence-electron chi connectivity index (χ3n) is 9.27. The van der Waals surface area contributed by atoms with E-state index in [-0.39, 0.29) is 61.6 Å². The summed E-state index contributed by atoms with van der Waals surface area (Å²) in [4.78, 5) is 69.3. The van der Waals surface area contributed by atoms with Gasteiger partial charge in [0, 0.05) is 37.4 Å². The Morgan fingerprint density at radius 1 is 0.639 bits per heavy atom. The van der Waals surface area contributed by atoms with E-state index in [1.807, 2.05) is 60.7 Å². The molecule has 19 heteroatoms. The summed E-state index contributed by atoms with van der Waals surface area (Å²) < 4.78 is 43.5. The van der Waals surface area contributed by atoms with Crippen molar-refractivity contribution in [2.45, 2.75) is 63.4 Å². The molecule has 4 atom stereocenters. The maximum Gasteiger partial charge on any atom is 0.410 e. The number of halogens is 2. The van der Waals surface area contributed by atoms with Gasteiger partial charge < -0.3 is 34.2 Å². The number of esters is 1. The van der Waals surface area contributed by atoms with Gasteiger partial charge in [0.2, 0.25) is 0 Å². The number of ether oxygens (including phenoxy) is 3. The SMILES string of the molecule is O=C(O)c1ccc([N+](=O)[O-])cc1.O=C(OCc1ccccc1)N1CCC[C@@H](F)[C@H](O)C1.O=C(O[C@H]1CN(C(=O)OCc2ccccc2)CCC[C@H]1F)c1ccc([N+](=O)[O-])cc1. The molecule has 2 aliphatic heterocycles. The molecular formula is C42H44F2N4O13. The van der Waals surface area contributed by atoms with Crippen molar-refractivity contribution in [2.75, 3.05) is 26.2 Å². The van der Waals surface area contributed by atoms with Gasteiger partial charge in [-0.3, -0.25) is 20.2 Å². The van der Waals surface area contributed by atoms with Crippen LogP contribution in [0.15, 0.2) is 109 Å². The number of aliphatic hydroxyl groups excluding tert-OH is 1. The molecular weight excluding hydrogens is 806 g/mol. The van der Waals surface area contributed by atoms with Crippen molar-refractivity contribution >= 4 is 35.5 Å². The highest BCUT2D eigenvalue weighted by Crippen LogP contribution is 2.21. The molecule has 4 aromatic rings. The van der Waals surface area contributed by atoms with Crippen molar-refractivity contribution < 1.29 is 62.2 Å². The van der Waals surface area contributed by atoms with Gasteiger partial charge in [-0.15, -0.1) is 0 Å². The number of carboxylic acids is 1. The number of nitro benzene ring substituents is 2. The molecule has 2 aliphatic rings. The lowest BCUT2D eigenvalue weighted by atomic mass is 10.1. The molecule has 2 amide bonds. The van der Waals surface area contributed by atoms with Crippen molar-refractivity contribution in [1.29, 1.82) is 0 Å². The van der Waals surface area contributed by atoms with Crippen LogP contribution in [0.2, 0.25) is 0 Å². The molecule has 17 nitrogen and oxygen atoms in total. The highest BCUT2D eigenvalue weighted by atomic mass is 19.1. The first-order valence-corrected chi connectivity index (χ1v) is 19.0. The number of carbonyl (C=O) groups is 4. The zero-order chi connectivity index (χ0) is 44.3. The van der Waals surface area contributed by atoms with Crippen molar-refractivity contribution in [3.05, 3.63) is 152 Å². The number of rotatable bonds is 9. The van der Waals surface area contributed by atoms with Crippen LogP contribution in [0.1, 0.15) is 57.5 Å². The Hall–Kier alpha value is -7.02. The van der Waals surface area contributed by atoms with E-state index in [1.165, 1.54) is 46.2 Å². The maximum atomic E-state index is 14.5. The van der Waals surface area contributed by atoms with Gasteiger partial charge in [-0.05, 0) is 61.1 Å². The Balaban J connectivity index is 0.000000224. The molecule has 6 rings (SSSR count).